The van der Waals surface area contributed by atoms with Crippen molar-refractivity contribution in [1.29, 1.82) is 0 Å². The van der Waals surface area contributed by atoms with Crippen LogP contribution in [0.2, 0.25) is 0 Å². The molecule has 0 spiro atoms. The molecule has 0 saturated carbocycles. The smallest absolute Gasteiger partial charge is 0.354 e. The number of rotatable bonds is 4. The van der Waals surface area contributed by atoms with Crippen molar-refractivity contribution in [2.45, 2.75) is 45.7 Å². The fourth-order valence-corrected chi connectivity index (χ4v) is 6.74. The first-order valence-electron chi connectivity index (χ1n) is 14.7. The van der Waals surface area contributed by atoms with Crippen LogP contribution in [0.25, 0.3) is 38.6 Å². The number of hydrogen-bond acceptors (Lipinski definition) is 6. The van der Waals surface area contributed by atoms with E-state index < -0.39 is 0 Å². The van der Waals surface area contributed by atoms with Crippen LogP contribution in [0.4, 0.5) is 5.82 Å². The fraction of sp³-hybridized carbons (Fsp3) is 0.294. The van der Waals surface area contributed by atoms with E-state index in [9.17, 15) is 9.59 Å². The summed E-state index contributed by atoms with van der Waals surface area (Å²) >= 11 is 0. The number of aromatic amines is 1. The topological polar surface area (TPSA) is 96.4 Å². The monoisotopic (exact) mass is 574 g/mol. The number of benzene rings is 3. The Hall–Kier alpha value is -4.92. The predicted octanol–water partition coefficient (Wildman–Crippen LogP) is 5.34. The van der Waals surface area contributed by atoms with Crippen molar-refractivity contribution in [3.8, 4) is 22.6 Å². The Morgan fingerprint density at radius 2 is 1.98 bits per heavy atom. The summed E-state index contributed by atoms with van der Waals surface area (Å²) in [5, 5.41) is 9.17. The maximum atomic E-state index is 14.2. The van der Waals surface area contributed by atoms with Crippen molar-refractivity contribution in [3.63, 3.8) is 0 Å². The van der Waals surface area contributed by atoms with Crippen LogP contribution in [0.15, 0.2) is 72.2 Å². The molecule has 218 valence electrons. The van der Waals surface area contributed by atoms with Gasteiger partial charge in [-0.15, -0.1) is 0 Å². The molecule has 0 radical (unpaired) electrons. The maximum absolute atomic E-state index is 14.2. The minimum Gasteiger partial charge on any atom is -0.490 e. The lowest BCUT2D eigenvalue weighted by Gasteiger charge is -2.44. The number of H-pyrrole nitrogens is 1. The van der Waals surface area contributed by atoms with E-state index in [0.717, 1.165) is 49.7 Å². The van der Waals surface area contributed by atoms with Crippen LogP contribution in [0.1, 0.15) is 37.8 Å². The van der Waals surface area contributed by atoms with Gasteiger partial charge in [-0.05, 0) is 72.4 Å². The molecule has 1 N–H and O–H groups in total. The number of aromatic nitrogens is 4. The standard InChI is InChI=1S/C34H34N6O3/c1-6-30(41)38-17-23-18-43-29-14-22(31-20(4)11-12-26-25(31)15-35-37-26)13-28-32(29)33(39(23)16-21(38)5)36-34(42)40(28)27-10-8-7-9-24(27)19(2)3/h6-15,19,21,23H,1,16-18H2,2-5H3,(H,35,37)/t21-,23-/m0/s1. The molecule has 1 fully saturated rings. The highest BCUT2D eigenvalue weighted by atomic mass is 16.5. The number of fused-ring (bicyclic) bond motifs is 3. The van der Waals surface area contributed by atoms with E-state index in [1.807, 2.05) is 42.3 Å². The minimum absolute atomic E-state index is 0.0927. The third-order valence-corrected chi connectivity index (χ3v) is 8.86. The number of anilines is 1. The largest absolute Gasteiger partial charge is 0.490 e. The molecule has 0 unspecified atom stereocenters. The van der Waals surface area contributed by atoms with Gasteiger partial charge in [-0.25, -0.2) is 4.79 Å². The lowest BCUT2D eigenvalue weighted by atomic mass is 9.95. The van der Waals surface area contributed by atoms with Gasteiger partial charge < -0.3 is 14.5 Å². The summed E-state index contributed by atoms with van der Waals surface area (Å²) in [6.45, 7) is 13.3. The average Bonchev–Trinajstić information content (AvgIpc) is 3.42. The van der Waals surface area contributed by atoms with Gasteiger partial charge in [-0.2, -0.15) is 10.1 Å². The van der Waals surface area contributed by atoms with Gasteiger partial charge in [0.25, 0.3) is 0 Å². The molecule has 1 saturated heterocycles. The lowest BCUT2D eigenvalue weighted by Crippen LogP contribution is -2.60. The first-order chi connectivity index (χ1) is 20.8. The average molecular weight is 575 g/mol. The molecular weight excluding hydrogens is 540 g/mol. The third kappa shape index (κ3) is 4.21. The lowest BCUT2D eigenvalue weighted by molar-refractivity contribution is -0.129. The van der Waals surface area contributed by atoms with Crippen molar-refractivity contribution in [2.75, 3.05) is 24.6 Å². The van der Waals surface area contributed by atoms with Crippen molar-refractivity contribution in [1.82, 2.24) is 24.6 Å². The van der Waals surface area contributed by atoms with Gasteiger partial charge in [-0.1, -0.05) is 44.7 Å². The molecule has 3 aromatic carbocycles. The molecule has 0 aliphatic carbocycles. The highest BCUT2D eigenvalue weighted by Crippen LogP contribution is 2.43. The number of piperazine rings is 1. The van der Waals surface area contributed by atoms with Gasteiger partial charge in [0.05, 0.1) is 34.3 Å². The van der Waals surface area contributed by atoms with Crippen LogP contribution in [0, 0.1) is 6.92 Å². The molecule has 0 bridgehead atoms. The van der Waals surface area contributed by atoms with E-state index >= 15 is 0 Å². The second kappa shape index (κ2) is 10.1. The second-order valence-electron chi connectivity index (χ2n) is 11.9. The zero-order chi connectivity index (χ0) is 30.0. The highest BCUT2D eigenvalue weighted by Gasteiger charge is 2.38. The number of aryl methyl sites for hydroxylation is 1. The summed E-state index contributed by atoms with van der Waals surface area (Å²) in [4.78, 5) is 35.6. The van der Waals surface area contributed by atoms with Gasteiger partial charge >= 0.3 is 5.69 Å². The van der Waals surface area contributed by atoms with Crippen LogP contribution in [-0.4, -0.2) is 62.3 Å². The van der Waals surface area contributed by atoms with Crippen molar-refractivity contribution in [2.24, 2.45) is 0 Å². The second-order valence-corrected chi connectivity index (χ2v) is 11.9. The van der Waals surface area contributed by atoms with Crippen molar-refractivity contribution >= 4 is 33.5 Å². The summed E-state index contributed by atoms with van der Waals surface area (Å²) in [7, 11) is 0. The zero-order valence-electron chi connectivity index (χ0n) is 24.8. The fourth-order valence-electron chi connectivity index (χ4n) is 6.74. The molecule has 7 rings (SSSR count). The number of para-hydroxylation sites is 1. The number of carbonyl (C=O) groups excluding carboxylic acids is 1. The summed E-state index contributed by atoms with van der Waals surface area (Å²) in [5.41, 5.74) is 6.21. The molecule has 43 heavy (non-hydrogen) atoms. The van der Waals surface area contributed by atoms with Gasteiger partial charge in [0.2, 0.25) is 5.91 Å². The third-order valence-electron chi connectivity index (χ3n) is 8.86. The van der Waals surface area contributed by atoms with Gasteiger partial charge in [0, 0.05) is 24.5 Å². The molecule has 2 atom stereocenters. The normalized spacial score (nSPS) is 18.1. The highest BCUT2D eigenvalue weighted by molar-refractivity contribution is 6.03. The van der Waals surface area contributed by atoms with Gasteiger partial charge in [-0.3, -0.25) is 14.5 Å². The molecule has 2 aromatic heterocycles. The number of nitrogens with one attached hydrogen (secondary N) is 1. The number of amides is 1. The van der Waals surface area contributed by atoms with Crippen molar-refractivity contribution < 1.29 is 9.53 Å². The molecular formula is C34H34N6O3. The van der Waals surface area contributed by atoms with E-state index in [2.05, 4.69) is 66.7 Å². The Balaban J connectivity index is 1.54. The Bertz CT molecular complexity index is 1990. The molecule has 1 amide bonds. The molecule has 9 nitrogen and oxygen atoms in total. The van der Waals surface area contributed by atoms with Crippen LogP contribution >= 0.6 is 0 Å². The van der Waals surface area contributed by atoms with E-state index in [-0.39, 0.29) is 29.6 Å². The Kier molecular flexibility index (Phi) is 6.34. The van der Waals surface area contributed by atoms with E-state index in [1.54, 1.807) is 4.57 Å². The SMILES string of the molecule is C=CC(=O)N1C[C@H]2COc3cc(-c4c(C)ccc5[nH]ncc45)cc4c3c(nc(=O)n4-c3ccccc3C(C)C)N2C[C@@H]1C. The molecule has 2 aliphatic heterocycles. The minimum atomic E-state index is -0.352. The molecule has 5 aromatic rings. The zero-order valence-corrected chi connectivity index (χ0v) is 24.8. The van der Waals surface area contributed by atoms with E-state index in [1.165, 1.54) is 6.08 Å². The van der Waals surface area contributed by atoms with Gasteiger partial charge in [0.15, 0.2) is 0 Å². The van der Waals surface area contributed by atoms with Crippen LogP contribution in [-0.2, 0) is 4.79 Å². The number of nitrogens with zero attached hydrogens (tertiary/aromatic N) is 5. The maximum Gasteiger partial charge on any atom is 0.354 e. The predicted molar refractivity (Wildman–Crippen MR) is 169 cm³/mol. The van der Waals surface area contributed by atoms with Crippen molar-refractivity contribution in [3.05, 3.63) is 89.0 Å². The molecule has 2 aliphatic rings. The molecule has 9 heteroatoms. The molecule has 4 heterocycles. The summed E-state index contributed by atoms with van der Waals surface area (Å²) < 4.78 is 8.34. The van der Waals surface area contributed by atoms with E-state index in [4.69, 9.17) is 9.72 Å². The summed E-state index contributed by atoms with van der Waals surface area (Å²) in [5.74, 6) is 1.33. The number of ether oxygens (including phenoxy) is 1. The first-order valence-corrected chi connectivity index (χ1v) is 14.7. The quantitative estimate of drug-likeness (QED) is 0.291. The Morgan fingerprint density at radius 3 is 2.77 bits per heavy atom. The van der Waals surface area contributed by atoms with Crippen LogP contribution in [0.3, 0.4) is 0 Å². The summed E-state index contributed by atoms with van der Waals surface area (Å²) in [6, 6.07) is 16.0. The van der Waals surface area contributed by atoms with Crippen LogP contribution < -0.4 is 15.3 Å². The summed E-state index contributed by atoms with van der Waals surface area (Å²) in [6.07, 6.45) is 3.19. The number of hydrogen-bond donors (Lipinski definition) is 1. The van der Waals surface area contributed by atoms with Crippen LogP contribution in [0.5, 0.6) is 5.75 Å². The van der Waals surface area contributed by atoms with E-state index in [0.29, 0.717) is 31.3 Å². The Labute approximate surface area is 249 Å². The van der Waals surface area contributed by atoms with Gasteiger partial charge in [0.1, 0.15) is 18.2 Å². The number of carbonyl (C=O) groups is 1. The first kappa shape index (κ1) is 26.9. The Morgan fingerprint density at radius 1 is 1.16 bits per heavy atom.